The van der Waals surface area contributed by atoms with Crippen LogP contribution in [-0.2, 0) is 9.59 Å². The average Bonchev–Trinajstić information content (AvgIpc) is 2.27. The number of aliphatic hydroxyl groups excluding tert-OH is 1. The number of likely N-dealkylation sites (N-methyl/N-ethyl adjacent to an activating group) is 1. The van der Waals surface area contributed by atoms with Crippen molar-refractivity contribution in [2.75, 3.05) is 32.8 Å². The number of aliphatic carboxylic acids is 1. The fraction of sp³-hybridized carbons (Fsp3) is 0.778. The Morgan fingerprint density at radius 3 is 2.53 bits per heavy atom. The molecule has 0 radical (unpaired) electrons. The molecule has 15 heavy (non-hydrogen) atoms. The van der Waals surface area contributed by atoms with Crippen molar-refractivity contribution in [3.63, 3.8) is 0 Å². The van der Waals surface area contributed by atoms with Crippen LogP contribution in [0.3, 0.4) is 0 Å². The Balaban J connectivity index is 2.71. The highest BCUT2D eigenvalue weighted by Gasteiger charge is 2.34. The van der Waals surface area contributed by atoms with Gasteiger partial charge < -0.3 is 15.1 Å². The van der Waals surface area contributed by atoms with Gasteiger partial charge >= 0.3 is 5.97 Å². The summed E-state index contributed by atoms with van der Waals surface area (Å²) in [6.07, 6.45) is 0. The predicted molar refractivity (Wildman–Crippen MR) is 52.3 cm³/mol. The molecule has 6 heteroatoms. The van der Waals surface area contributed by atoms with Crippen LogP contribution in [0.4, 0.5) is 0 Å². The van der Waals surface area contributed by atoms with Gasteiger partial charge in [0.25, 0.3) is 0 Å². The summed E-state index contributed by atoms with van der Waals surface area (Å²) >= 11 is 0. The number of piperazine rings is 1. The van der Waals surface area contributed by atoms with Crippen molar-refractivity contribution in [1.82, 2.24) is 9.80 Å². The molecule has 1 heterocycles. The van der Waals surface area contributed by atoms with Crippen molar-refractivity contribution >= 4 is 11.9 Å². The lowest BCUT2D eigenvalue weighted by Gasteiger charge is -2.38. The Labute approximate surface area is 88.1 Å². The summed E-state index contributed by atoms with van der Waals surface area (Å²) in [5.41, 5.74) is 0. The molecule has 1 saturated heterocycles. The summed E-state index contributed by atoms with van der Waals surface area (Å²) in [6.45, 7) is 3.44. The molecule has 1 fully saturated rings. The molecule has 1 aliphatic rings. The van der Waals surface area contributed by atoms with E-state index in [1.165, 1.54) is 4.90 Å². The summed E-state index contributed by atoms with van der Waals surface area (Å²) in [5, 5.41) is 17.7. The molecule has 1 unspecified atom stereocenters. The van der Waals surface area contributed by atoms with Gasteiger partial charge in [-0.25, -0.2) is 4.79 Å². The molecule has 0 aliphatic carbocycles. The predicted octanol–water partition coefficient (Wildman–Crippen LogP) is -1.40. The van der Waals surface area contributed by atoms with E-state index in [4.69, 9.17) is 10.2 Å². The van der Waals surface area contributed by atoms with Crippen LogP contribution in [0.1, 0.15) is 6.92 Å². The van der Waals surface area contributed by atoms with E-state index >= 15 is 0 Å². The normalized spacial score (nSPS) is 22.8. The minimum atomic E-state index is -1.02. The number of aliphatic hydroxyl groups is 1. The van der Waals surface area contributed by atoms with Crippen molar-refractivity contribution in [2.24, 2.45) is 0 Å². The zero-order chi connectivity index (χ0) is 11.4. The molecular weight excluding hydrogens is 200 g/mol. The molecule has 0 bridgehead atoms. The van der Waals surface area contributed by atoms with Crippen molar-refractivity contribution in [2.45, 2.75) is 13.0 Å². The van der Waals surface area contributed by atoms with Gasteiger partial charge in [0, 0.05) is 19.6 Å². The van der Waals surface area contributed by atoms with E-state index in [1.807, 2.05) is 11.8 Å². The number of carbonyl (C=O) groups is 2. The number of hydrogen-bond acceptors (Lipinski definition) is 4. The quantitative estimate of drug-likeness (QED) is 0.606. The number of amides is 1. The van der Waals surface area contributed by atoms with Crippen LogP contribution in [0.25, 0.3) is 0 Å². The van der Waals surface area contributed by atoms with Crippen LogP contribution in [-0.4, -0.2) is 70.7 Å². The van der Waals surface area contributed by atoms with E-state index < -0.39 is 24.5 Å². The van der Waals surface area contributed by atoms with Crippen molar-refractivity contribution in [3.05, 3.63) is 0 Å². The second-order valence-electron chi connectivity index (χ2n) is 3.49. The van der Waals surface area contributed by atoms with Crippen LogP contribution >= 0.6 is 0 Å². The first-order chi connectivity index (χ1) is 7.10. The average molecular weight is 216 g/mol. The van der Waals surface area contributed by atoms with Gasteiger partial charge in [0.1, 0.15) is 12.6 Å². The Kier molecular flexibility index (Phi) is 4.05. The second-order valence-corrected chi connectivity index (χ2v) is 3.49. The Bertz CT molecular complexity index is 256. The number of nitrogens with zero attached hydrogens (tertiary/aromatic N) is 2. The minimum Gasteiger partial charge on any atom is -0.480 e. The number of hydrogen-bond donors (Lipinski definition) is 2. The minimum absolute atomic E-state index is 0.331. The highest BCUT2D eigenvalue weighted by atomic mass is 16.4. The lowest BCUT2D eigenvalue weighted by Crippen LogP contribution is -2.58. The maximum absolute atomic E-state index is 11.3. The van der Waals surface area contributed by atoms with Gasteiger partial charge in [0.2, 0.25) is 5.91 Å². The summed E-state index contributed by atoms with van der Waals surface area (Å²) in [7, 11) is 0. The van der Waals surface area contributed by atoms with E-state index in [1.54, 1.807) is 0 Å². The Morgan fingerprint density at radius 1 is 1.40 bits per heavy atom. The summed E-state index contributed by atoms with van der Waals surface area (Å²) < 4.78 is 0. The van der Waals surface area contributed by atoms with Crippen LogP contribution in [0.5, 0.6) is 0 Å². The molecule has 6 nitrogen and oxygen atoms in total. The van der Waals surface area contributed by atoms with Gasteiger partial charge in [-0.3, -0.25) is 9.69 Å². The maximum Gasteiger partial charge on any atom is 0.327 e. The monoisotopic (exact) mass is 216 g/mol. The first-order valence-electron chi connectivity index (χ1n) is 4.95. The number of carboxylic acid groups (broad SMARTS) is 1. The second kappa shape index (κ2) is 5.09. The molecule has 0 saturated carbocycles. The molecule has 86 valence electrons. The van der Waals surface area contributed by atoms with E-state index in [9.17, 15) is 9.59 Å². The highest BCUT2D eigenvalue weighted by Crippen LogP contribution is 2.10. The fourth-order valence-electron chi connectivity index (χ4n) is 1.73. The molecular formula is C9H16N2O4. The van der Waals surface area contributed by atoms with Gasteiger partial charge in [-0.05, 0) is 6.54 Å². The molecule has 2 N–H and O–H groups in total. The van der Waals surface area contributed by atoms with E-state index in [0.29, 0.717) is 19.6 Å². The van der Waals surface area contributed by atoms with Crippen molar-refractivity contribution in [3.8, 4) is 0 Å². The molecule has 1 rings (SSSR count). The molecule has 0 aromatic heterocycles. The summed E-state index contributed by atoms with van der Waals surface area (Å²) in [6, 6.07) is -0.835. The highest BCUT2D eigenvalue weighted by molar-refractivity contribution is 5.84. The molecule has 1 aliphatic heterocycles. The van der Waals surface area contributed by atoms with E-state index in [-0.39, 0.29) is 0 Å². The lowest BCUT2D eigenvalue weighted by molar-refractivity contribution is -0.154. The molecule has 0 spiro atoms. The van der Waals surface area contributed by atoms with E-state index in [2.05, 4.69) is 0 Å². The van der Waals surface area contributed by atoms with E-state index in [0.717, 1.165) is 6.54 Å². The molecule has 0 aromatic rings. The first-order valence-corrected chi connectivity index (χ1v) is 4.95. The maximum atomic E-state index is 11.3. The third-order valence-electron chi connectivity index (χ3n) is 2.65. The SMILES string of the molecule is CCN1CCN(C(=O)CO)C(C(=O)O)C1. The van der Waals surface area contributed by atoms with Crippen LogP contribution in [0.2, 0.25) is 0 Å². The topological polar surface area (TPSA) is 81.1 Å². The molecule has 1 atom stereocenters. The lowest BCUT2D eigenvalue weighted by atomic mass is 10.1. The third kappa shape index (κ3) is 2.66. The zero-order valence-electron chi connectivity index (χ0n) is 8.72. The number of rotatable bonds is 3. The first kappa shape index (κ1) is 11.9. The van der Waals surface area contributed by atoms with Crippen LogP contribution < -0.4 is 0 Å². The van der Waals surface area contributed by atoms with Crippen LogP contribution in [0.15, 0.2) is 0 Å². The summed E-state index contributed by atoms with van der Waals surface area (Å²) in [5.74, 6) is -1.53. The van der Waals surface area contributed by atoms with Gasteiger partial charge in [0.15, 0.2) is 0 Å². The van der Waals surface area contributed by atoms with Gasteiger partial charge in [-0.2, -0.15) is 0 Å². The Morgan fingerprint density at radius 2 is 2.07 bits per heavy atom. The number of carbonyl (C=O) groups excluding carboxylic acids is 1. The largest absolute Gasteiger partial charge is 0.480 e. The third-order valence-corrected chi connectivity index (χ3v) is 2.65. The zero-order valence-corrected chi connectivity index (χ0v) is 8.72. The van der Waals surface area contributed by atoms with Gasteiger partial charge in [0.05, 0.1) is 0 Å². The van der Waals surface area contributed by atoms with Crippen LogP contribution in [0, 0.1) is 0 Å². The fourth-order valence-corrected chi connectivity index (χ4v) is 1.73. The van der Waals surface area contributed by atoms with Gasteiger partial charge in [-0.15, -0.1) is 0 Å². The van der Waals surface area contributed by atoms with Gasteiger partial charge in [-0.1, -0.05) is 6.92 Å². The van der Waals surface area contributed by atoms with Crippen molar-refractivity contribution in [1.29, 1.82) is 0 Å². The smallest absolute Gasteiger partial charge is 0.327 e. The molecule has 1 amide bonds. The van der Waals surface area contributed by atoms with Crippen molar-refractivity contribution < 1.29 is 19.8 Å². The Hall–Kier alpha value is -1.14. The standard InChI is InChI=1S/C9H16N2O4/c1-2-10-3-4-11(8(13)6-12)7(5-10)9(14)15/h7,12H,2-6H2,1H3,(H,14,15). The summed E-state index contributed by atoms with van der Waals surface area (Å²) in [4.78, 5) is 25.4. The molecule has 0 aromatic carbocycles. The number of carboxylic acids is 1.